The van der Waals surface area contributed by atoms with Crippen LogP contribution in [0.3, 0.4) is 0 Å². The van der Waals surface area contributed by atoms with Crippen LogP contribution < -0.4 is 17.2 Å². The fraction of sp³-hybridized carbons (Fsp3) is 0.412. The Kier molecular flexibility index (Phi) is 14.6. The number of rotatable bonds is 8. The summed E-state index contributed by atoms with van der Waals surface area (Å²) in [5, 5.41) is 32.7. The number of hydrogen-bond donors (Lipinski definition) is 7. The first kappa shape index (κ1) is 27.2. The van der Waals surface area contributed by atoms with E-state index in [2.05, 4.69) is 0 Å². The van der Waals surface area contributed by atoms with Gasteiger partial charge >= 0.3 is 23.9 Å². The average Bonchev–Trinajstić information content (AvgIpc) is 2.61. The highest BCUT2D eigenvalue weighted by molar-refractivity contribution is 5.74. The number of aliphatic carboxylic acids is 4. The molecule has 0 spiro atoms. The molecule has 0 heterocycles. The Bertz CT molecular complexity index is 622. The minimum Gasteiger partial charge on any atom is -0.481 e. The first-order valence-corrected chi connectivity index (χ1v) is 8.09. The zero-order valence-electron chi connectivity index (χ0n) is 15.4. The maximum atomic E-state index is 10.4. The van der Waals surface area contributed by atoms with E-state index in [1.807, 2.05) is 30.3 Å². The first-order valence-electron chi connectivity index (χ1n) is 8.09. The molecule has 11 heteroatoms. The van der Waals surface area contributed by atoms with E-state index >= 15 is 0 Å². The van der Waals surface area contributed by atoms with Gasteiger partial charge in [-0.25, -0.2) is 0 Å². The van der Waals surface area contributed by atoms with Gasteiger partial charge in [-0.2, -0.15) is 0 Å². The molecule has 3 atom stereocenters. The molecule has 158 valence electrons. The fourth-order valence-electron chi connectivity index (χ4n) is 1.36. The van der Waals surface area contributed by atoms with Gasteiger partial charge in [-0.05, 0) is 25.3 Å². The second-order valence-corrected chi connectivity index (χ2v) is 5.64. The van der Waals surface area contributed by atoms with Crippen LogP contribution in [0.1, 0.15) is 25.3 Å². The molecule has 0 aromatic heterocycles. The number of benzene rings is 1. The topological polar surface area (TPSA) is 227 Å². The van der Waals surface area contributed by atoms with Crippen LogP contribution in [0.4, 0.5) is 0 Å². The SMILES string of the molecule is C[C@H](N)C(=O)O.N[C@@H](CCC(=O)O)C(=O)O.N[C@@H](Cc1ccccc1)C(=O)O. The smallest absolute Gasteiger partial charge is 0.320 e. The Morgan fingerprint density at radius 1 is 0.821 bits per heavy atom. The van der Waals surface area contributed by atoms with E-state index in [0.717, 1.165) is 5.56 Å². The Morgan fingerprint density at radius 3 is 1.57 bits per heavy atom. The first-order chi connectivity index (χ1) is 12.9. The normalized spacial score (nSPS) is 12.7. The minimum absolute atomic E-state index is 0.0231. The van der Waals surface area contributed by atoms with Gasteiger partial charge in [-0.1, -0.05) is 30.3 Å². The molecule has 1 aromatic rings. The van der Waals surface area contributed by atoms with Gasteiger partial charge in [0, 0.05) is 6.42 Å². The van der Waals surface area contributed by atoms with Gasteiger partial charge < -0.3 is 37.6 Å². The standard InChI is InChI=1S/C9H11NO2.C5H9NO4.C3H7NO2/c10-8(9(11)12)6-7-4-2-1-3-5-7;6-3(5(9)10)1-2-4(7)8;1-2(4)3(5)6/h1-5,8H,6,10H2,(H,11,12);3H,1-2,6H2,(H,7,8)(H,9,10);2H,4H2,1H3,(H,5,6)/t8-;3-;2-/m000/s1. The zero-order chi connectivity index (χ0) is 22.3. The monoisotopic (exact) mass is 401 g/mol. The van der Waals surface area contributed by atoms with E-state index < -0.39 is 42.0 Å². The van der Waals surface area contributed by atoms with Crippen molar-refractivity contribution in [2.45, 2.75) is 44.3 Å². The molecule has 0 aliphatic rings. The lowest BCUT2D eigenvalue weighted by atomic mass is 10.1. The number of carbonyl (C=O) groups is 4. The molecule has 0 aliphatic heterocycles. The Balaban J connectivity index is 0. The van der Waals surface area contributed by atoms with Gasteiger partial charge in [-0.3, -0.25) is 19.2 Å². The van der Waals surface area contributed by atoms with Crippen LogP contribution in [-0.2, 0) is 25.6 Å². The molecule has 0 aliphatic carbocycles. The van der Waals surface area contributed by atoms with Crippen molar-refractivity contribution in [2.24, 2.45) is 17.2 Å². The van der Waals surface area contributed by atoms with E-state index in [-0.39, 0.29) is 12.8 Å². The Morgan fingerprint density at radius 2 is 1.25 bits per heavy atom. The lowest BCUT2D eigenvalue weighted by molar-refractivity contribution is -0.140. The summed E-state index contributed by atoms with van der Waals surface area (Å²) in [5.41, 5.74) is 16.1. The van der Waals surface area contributed by atoms with E-state index in [4.69, 9.17) is 37.6 Å². The number of carboxylic acids is 4. The average molecular weight is 401 g/mol. The summed E-state index contributed by atoms with van der Waals surface area (Å²) in [6.07, 6.45) is 0.161. The predicted octanol–water partition coefficient (Wildman–Crippen LogP) is -0.678. The van der Waals surface area contributed by atoms with Gasteiger partial charge in [0.15, 0.2) is 0 Å². The van der Waals surface area contributed by atoms with Crippen LogP contribution in [-0.4, -0.2) is 62.4 Å². The van der Waals surface area contributed by atoms with E-state index in [1.54, 1.807) is 0 Å². The van der Waals surface area contributed by atoms with Crippen LogP contribution in [0.15, 0.2) is 30.3 Å². The third-order valence-corrected chi connectivity index (χ3v) is 2.99. The molecule has 0 bridgehead atoms. The molecule has 1 aromatic carbocycles. The van der Waals surface area contributed by atoms with Gasteiger partial charge in [0.05, 0.1) is 0 Å². The van der Waals surface area contributed by atoms with Crippen molar-refractivity contribution < 1.29 is 39.6 Å². The van der Waals surface area contributed by atoms with Crippen LogP contribution in [0.2, 0.25) is 0 Å². The molecule has 0 saturated heterocycles. The van der Waals surface area contributed by atoms with E-state index in [1.165, 1.54) is 6.92 Å². The van der Waals surface area contributed by atoms with Crippen LogP contribution >= 0.6 is 0 Å². The highest BCUT2D eigenvalue weighted by Gasteiger charge is 2.12. The molecule has 1 rings (SSSR count). The molecule has 11 nitrogen and oxygen atoms in total. The van der Waals surface area contributed by atoms with Crippen molar-refractivity contribution in [1.82, 2.24) is 0 Å². The summed E-state index contributed by atoms with van der Waals surface area (Å²) in [5.74, 6) is -4.12. The summed E-state index contributed by atoms with van der Waals surface area (Å²) < 4.78 is 0. The van der Waals surface area contributed by atoms with Crippen LogP contribution in [0, 0.1) is 0 Å². The Labute approximate surface area is 161 Å². The highest BCUT2D eigenvalue weighted by atomic mass is 16.4. The lowest BCUT2D eigenvalue weighted by Crippen LogP contribution is -2.32. The second kappa shape index (κ2) is 15.1. The van der Waals surface area contributed by atoms with Crippen molar-refractivity contribution in [2.75, 3.05) is 0 Å². The lowest BCUT2D eigenvalue weighted by Gasteiger charge is -2.04. The molecule has 0 fully saturated rings. The van der Waals surface area contributed by atoms with Crippen molar-refractivity contribution in [3.8, 4) is 0 Å². The third-order valence-electron chi connectivity index (χ3n) is 2.99. The fourth-order valence-corrected chi connectivity index (χ4v) is 1.36. The molecule has 0 unspecified atom stereocenters. The third kappa shape index (κ3) is 16.4. The minimum atomic E-state index is -1.17. The predicted molar refractivity (Wildman–Crippen MR) is 99.5 cm³/mol. The highest BCUT2D eigenvalue weighted by Crippen LogP contribution is 2.01. The number of carboxylic acid groups (broad SMARTS) is 4. The molecular formula is C17H27N3O8. The molecule has 0 radical (unpaired) electrons. The summed E-state index contributed by atoms with van der Waals surface area (Å²) in [6, 6.07) is 6.75. The maximum absolute atomic E-state index is 10.4. The molecule has 28 heavy (non-hydrogen) atoms. The maximum Gasteiger partial charge on any atom is 0.320 e. The summed E-state index contributed by atoms with van der Waals surface area (Å²) in [6.45, 7) is 1.42. The molecular weight excluding hydrogens is 374 g/mol. The molecule has 0 amide bonds. The second-order valence-electron chi connectivity index (χ2n) is 5.64. The largest absolute Gasteiger partial charge is 0.481 e. The van der Waals surface area contributed by atoms with Crippen LogP contribution in [0.5, 0.6) is 0 Å². The Hall–Kier alpha value is -3.02. The molecule has 10 N–H and O–H groups in total. The number of nitrogens with two attached hydrogens (primary N) is 3. The van der Waals surface area contributed by atoms with Crippen molar-refractivity contribution in [3.05, 3.63) is 35.9 Å². The number of hydrogen-bond acceptors (Lipinski definition) is 7. The van der Waals surface area contributed by atoms with Crippen molar-refractivity contribution >= 4 is 23.9 Å². The van der Waals surface area contributed by atoms with Gasteiger partial charge in [-0.15, -0.1) is 0 Å². The van der Waals surface area contributed by atoms with Gasteiger partial charge in [0.1, 0.15) is 18.1 Å². The summed E-state index contributed by atoms with van der Waals surface area (Å²) in [7, 11) is 0. The van der Waals surface area contributed by atoms with Crippen molar-refractivity contribution in [1.29, 1.82) is 0 Å². The summed E-state index contributed by atoms with van der Waals surface area (Å²) >= 11 is 0. The molecule has 0 saturated carbocycles. The quantitative estimate of drug-likeness (QED) is 0.288. The van der Waals surface area contributed by atoms with E-state index in [9.17, 15) is 19.2 Å². The van der Waals surface area contributed by atoms with Gasteiger partial charge in [0.25, 0.3) is 0 Å². The van der Waals surface area contributed by atoms with Crippen LogP contribution in [0.25, 0.3) is 0 Å². The van der Waals surface area contributed by atoms with Crippen molar-refractivity contribution in [3.63, 3.8) is 0 Å². The zero-order valence-corrected chi connectivity index (χ0v) is 15.4. The summed E-state index contributed by atoms with van der Waals surface area (Å²) in [4.78, 5) is 39.8. The van der Waals surface area contributed by atoms with Gasteiger partial charge in [0.2, 0.25) is 0 Å². The van der Waals surface area contributed by atoms with E-state index in [0.29, 0.717) is 6.42 Å².